The Morgan fingerprint density at radius 2 is 0.796 bits per heavy atom. The van der Waals surface area contributed by atoms with E-state index < -0.39 is 0 Å². The fourth-order valence-corrected chi connectivity index (χ4v) is 6.58. The topological polar surface area (TPSA) is 59.1 Å². The predicted molar refractivity (Wildman–Crippen MR) is 234 cm³/mol. The molecule has 0 rings (SSSR count). The predicted octanol–water partition coefficient (Wildman–Crippen LogP) is 13.1. The second-order valence-electron chi connectivity index (χ2n) is 15.8. The standard InChI is InChI=1S/C48H88N2O4/c1-7-9-11-13-15-17-19-21-23-25-27-29-31-33-35-37-41-53-47(51)43-45(3)50(40-39-49(5)6)46(4)44-48(52)54-42-38-36-34-32-30-28-26-24-22-20-18-16-14-12-10-8-2/h15-18,21-24,45-46H,7-14,19-20,25-44H2,1-6H3/b17-15-,18-16-,23-21-,24-22-. The van der Waals surface area contributed by atoms with Crippen LogP contribution in [-0.4, -0.2) is 74.2 Å². The minimum atomic E-state index is -0.146. The van der Waals surface area contributed by atoms with Gasteiger partial charge in [0.2, 0.25) is 0 Å². The minimum absolute atomic E-state index is 0.0104. The summed E-state index contributed by atoms with van der Waals surface area (Å²) >= 11 is 0. The summed E-state index contributed by atoms with van der Waals surface area (Å²) in [5, 5.41) is 0. The summed E-state index contributed by atoms with van der Waals surface area (Å²) in [6, 6.07) is -0.0208. The second-order valence-corrected chi connectivity index (χ2v) is 15.8. The summed E-state index contributed by atoms with van der Waals surface area (Å²) in [4.78, 5) is 29.8. The number of ether oxygens (including phenoxy) is 2. The highest BCUT2D eigenvalue weighted by Crippen LogP contribution is 2.15. The fraction of sp³-hybridized carbons (Fsp3) is 0.792. The molecule has 6 heteroatoms. The first-order valence-corrected chi connectivity index (χ1v) is 22.6. The first-order chi connectivity index (χ1) is 26.3. The molecule has 0 heterocycles. The van der Waals surface area contributed by atoms with Crippen molar-refractivity contribution in [2.24, 2.45) is 0 Å². The van der Waals surface area contributed by atoms with E-state index in [1.54, 1.807) is 0 Å². The van der Waals surface area contributed by atoms with Crippen molar-refractivity contribution in [3.63, 3.8) is 0 Å². The number of rotatable bonds is 39. The Labute approximate surface area is 335 Å². The van der Waals surface area contributed by atoms with Gasteiger partial charge in [-0.3, -0.25) is 14.5 Å². The zero-order chi connectivity index (χ0) is 39.7. The molecule has 0 aromatic rings. The van der Waals surface area contributed by atoms with Crippen LogP contribution in [0.25, 0.3) is 0 Å². The molecule has 2 unspecified atom stereocenters. The number of allylic oxidation sites excluding steroid dienone is 8. The summed E-state index contributed by atoms with van der Waals surface area (Å²) in [6.07, 6.45) is 47.8. The van der Waals surface area contributed by atoms with Crippen molar-refractivity contribution < 1.29 is 19.1 Å². The van der Waals surface area contributed by atoms with E-state index in [-0.39, 0.29) is 24.0 Å². The SMILES string of the molecule is CCCCC/C=C\C/C=C\CCCCCCCCOC(=O)CC(C)N(CCN(C)C)C(C)CC(=O)OCCCCCCCC/C=C\C/C=C\CCCCC. The Morgan fingerprint density at radius 1 is 0.463 bits per heavy atom. The van der Waals surface area contributed by atoms with Crippen LogP contribution in [0.5, 0.6) is 0 Å². The van der Waals surface area contributed by atoms with Gasteiger partial charge in [-0.1, -0.05) is 140 Å². The monoisotopic (exact) mass is 757 g/mol. The van der Waals surface area contributed by atoms with E-state index in [4.69, 9.17) is 9.47 Å². The molecule has 0 saturated carbocycles. The van der Waals surface area contributed by atoms with Crippen molar-refractivity contribution >= 4 is 11.9 Å². The summed E-state index contributed by atoms with van der Waals surface area (Å²) in [5.41, 5.74) is 0. The number of nitrogens with zero attached hydrogens (tertiary/aromatic N) is 2. The van der Waals surface area contributed by atoms with Gasteiger partial charge in [0.1, 0.15) is 0 Å². The Balaban J connectivity index is 4.08. The highest BCUT2D eigenvalue weighted by atomic mass is 16.5. The van der Waals surface area contributed by atoms with E-state index >= 15 is 0 Å². The maximum absolute atomic E-state index is 12.7. The van der Waals surface area contributed by atoms with Gasteiger partial charge in [-0.2, -0.15) is 0 Å². The minimum Gasteiger partial charge on any atom is -0.466 e. The van der Waals surface area contributed by atoms with E-state index in [1.807, 2.05) is 0 Å². The van der Waals surface area contributed by atoms with Gasteiger partial charge in [-0.25, -0.2) is 0 Å². The number of hydrogen-bond donors (Lipinski definition) is 0. The van der Waals surface area contributed by atoms with Crippen LogP contribution in [0.4, 0.5) is 0 Å². The second kappa shape index (κ2) is 40.5. The van der Waals surface area contributed by atoms with Gasteiger partial charge >= 0.3 is 11.9 Å². The van der Waals surface area contributed by atoms with Gasteiger partial charge in [0.05, 0.1) is 26.1 Å². The third-order valence-electron chi connectivity index (χ3n) is 10.1. The van der Waals surface area contributed by atoms with Crippen LogP contribution in [0.15, 0.2) is 48.6 Å². The van der Waals surface area contributed by atoms with Crippen molar-refractivity contribution in [1.82, 2.24) is 9.80 Å². The van der Waals surface area contributed by atoms with Gasteiger partial charge in [0, 0.05) is 25.2 Å². The van der Waals surface area contributed by atoms with Crippen LogP contribution in [0, 0.1) is 0 Å². The number of likely N-dealkylation sites (N-methyl/N-ethyl adjacent to an activating group) is 1. The molecule has 6 nitrogen and oxygen atoms in total. The van der Waals surface area contributed by atoms with Gasteiger partial charge in [-0.05, 0) is 105 Å². The average Bonchev–Trinajstić information content (AvgIpc) is 3.14. The maximum atomic E-state index is 12.7. The summed E-state index contributed by atoms with van der Waals surface area (Å²) in [5.74, 6) is -0.292. The van der Waals surface area contributed by atoms with Crippen LogP contribution >= 0.6 is 0 Å². The Morgan fingerprint density at radius 3 is 1.15 bits per heavy atom. The molecule has 0 bridgehead atoms. The van der Waals surface area contributed by atoms with Crippen LogP contribution in [0.3, 0.4) is 0 Å². The van der Waals surface area contributed by atoms with Gasteiger partial charge in [0.25, 0.3) is 0 Å². The van der Waals surface area contributed by atoms with Crippen molar-refractivity contribution in [2.45, 2.75) is 207 Å². The molecule has 54 heavy (non-hydrogen) atoms. The van der Waals surface area contributed by atoms with Crippen LogP contribution < -0.4 is 0 Å². The molecule has 0 saturated heterocycles. The van der Waals surface area contributed by atoms with E-state index in [9.17, 15) is 9.59 Å². The highest BCUT2D eigenvalue weighted by molar-refractivity contribution is 5.71. The normalized spacial score (nSPS) is 13.4. The molecule has 0 spiro atoms. The lowest BCUT2D eigenvalue weighted by Crippen LogP contribution is -2.45. The Hall–Kier alpha value is -2.18. The summed E-state index contributed by atoms with van der Waals surface area (Å²) in [7, 11) is 4.10. The van der Waals surface area contributed by atoms with Crippen LogP contribution in [0.1, 0.15) is 195 Å². The molecule has 0 aromatic carbocycles. The lowest BCUT2D eigenvalue weighted by atomic mass is 10.1. The highest BCUT2D eigenvalue weighted by Gasteiger charge is 2.25. The Bertz CT molecular complexity index is 886. The van der Waals surface area contributed by atoms with Crippen molar-refractivity contribution in [3.05, 3.63) is 48.6 Å². The van der Waals surface area contributed by atoms with Crippen molar-refractivity contribution in [3.8, 4) is 0 Å². The van der Waals surface area contributed by atoms with Crippen molar-refractivity contribution in [2.75, 3.05) is 40.4 Å². The number of esters is 2. The lowest BCUT2D eigenvalue weighted by molar-refractivity contribution is -0.146. The first kappa shape index (κ1) is 51.8. The van der Waals surface area contributed by atoms with Crippen LogP contribution in [-0.2, 0) is 19.1 Å². The first-order valence-electron chi connectivity index (χ1n) is 22.6. The molecule has 0 fully saturated rings. The molecule has 314 valence electrons. The van der Waals surface area contributed by atoms with E-state index in [1.165, 1.54) is 116 Å². The Kier molecular flexibility index (Phi) is 38.8. The van der Waals surface area contributed by atoms with Gasteiger partial charge < -0.3 is 14.4 Å². The number of carbonyl (C=O) groups is 2. The van der Waals surface area contributed by atoms with Crippen molar-refractivity contribution in [1.29, 1.82) is 0 Å². The van der Waals surface area contributed by atoms with E-state index in [0.29, 0.717) is 26.1 Å². The fourth-order valence-electron chi connectivity index (χ4n) is 6.58. The maximum Gasteiger partial charge on any atom is 0.307 e. The molecule has 0 aliphatic rings. The smallest absolute Gasteiger partial charge is 0.307 e. The van der Waals surface area contributed by atoms with Gasteiger partial charge in [-0.15, -0.1) is 0 Å². The molecular weight excluding hydrogens is 669 g/mol. The van der Waals surface area contributed by atoms with Gasteiger partial charge in [0.15, 0.2) is 0 Å². The summed E-state index contributed by atoms with van der Waals surface area (Å²) in [6.45, 7) is 11.3. The molecule has 0 aliphatic heterocycles. The van der Waals surface area contributed by atoms with E-state index in [2.05, 4.69) is 100 Å². The van der Waals surface area contributed by atoms with E-state index in [0.717, 1.165) is 51.6 Å². The summed E-state index contributed by atoms with van der Waals surface area (Å²) < 4.78 is 11.2. The number of unbranched alkanes of at least 4 members (excludes halogenated alkanes) is 18. The quantitative estimate of drug-likeness (QED) is 0.0354. The number of hydrogen-bond acceptors (Lipinski definition) is 6. The molecule has 0 radical (unpaired) electrons. The molecule has 0 amide bonds. The average molecular weight is 757 g/mol. The lowest BCUT2D eigenvalue weighted by Gasteiger charge is -2.34. The molecule has 2 atom stereocenters. The number of carbonyl (C=O) groups excluding carboxylic acids is 2. The molecule has 0 aromatic heterocycles. The zero-order valence-corrected chi connectivity index (χ0v) is 36.5. The molecular formula is C48H88N2O4. The third-order valence-corrected chi connectivity index (χ3v) is 10.1. The largest absolute Gasteiger partial charge is 0.466 e. The molecule has 0 N–H and O–H groups in total. The zero-order valence-electron chi connectivity index (χ0n) is 36.5. The third kappa shape index (κ3) is 36.8. The van der Waals surface area contributed by atoms with Crippen LogP contribution in [0.2, 0.25) is 0 Å². The molecule has 0 aliphatic carbocycles.